The summed E-state index contributed by atoms with van der Waals surface area (Å²) in [6, 6.07) is 0. The number of carboxylic acids is 1. The lowest BCUT2D eigenvalue weighted by Crippen LogP contribution is -2.33. The predicted molar refractivity (Wildman–Crippen MR) is 74.8 cm³/mol. The minimum atomic E-state index is -3.68. The maximum Gasteiger partial charge on any atom is 0.305 e. The summed E-state index contributed by atoms with van der Waals surface area (Å²) >= 11 is 0. The van der Waals surface area contributed by atoms with Crippen LogP contribution < -0.4 is 0 Å². The van der Waals surface area contributed by atoms with Gasteiger partial charge in [-0.3, -0.25) is 9.48 Å². The van der Waals surface area contributed by atoms with Gasteiger partial charge in [-0.15, -0.1) is 6.42 Å². The third-order valence-electron chi connectivity index (χ3n) is 3.23. The molecule has 2 rings (SSSR count). The molecule has 1 aliphatic carbocycles. The zero-order valence-electron chi connectivity index (χ0n) is 11.5. The van der Waals surface area contributed by atoms with E-state index in [2.05, 4.69) is 11.0 Å². The van der Waals surface area contributed by atoms with Crippen molar-refractivity contribution in [2.45, 2.75) is 30.7 Å². The zero-order chi connectivity index (χ0) is 15.5. The van der Waals surface area contributed by atoms with Crippen LogP contribution in [0.4, 0.5) is 0 Å². The van der Waals surface area contributed by atoms with E-state index in [1.165, 1.54) is 21.4 Å². The molecule has 0 unspecified atom stereocenters. The summed E-state index contributed by atoms with van der Waals surface area (Å²) in [7, 11) is -3.68. The van der Waals surface area contributed by atoms with Crippen molar-refractivity contribution in [3.8, 4) is 12.3 Å². The van der Waals surface area contributed by atoms with Gasteiger partial charge in [0.25, 0.3) is 0 Å². The molecule has 1 fully saturated rings. The molecular formula is C13H17N3O4S. The first kappa shape index (κ1) is 15.5. The summed E-state index contributed by atoms with van der Waals surface area (Å²) in [4.78, 5) is 10.6. The minimum absolute atomic E-state index is 0.0269. The highest BCUT2D eigenvalue weighted by atomic mass is 32.2. The van der Waals surface area contributed by atoms with Crippen molar-refractivity contribution in [1.82, 2.24) is 14.1 Å². The largest absolute Gasteiger partial charge is 0.481 e. The van der Waals surface area contributed by atoms with Crippen molar-refractivity contribution in [2.24, 2.45) is 5.92 Å². The summed E-state index contributed by atoms with van der Waals surface area (Å²) in [6.45, 7) is 0.578. The SMILES string of the molecule is C#CCN(CC1CC1)S(=O)(=O)c1cnn(CCC(=O)O)c1. The summed E-state index contributed by atoms with van der Waals surface area (Å²) in [5.74, 6) is 1.79. The Morgan fingerprint density at radius 2 is 2.29 bits per heavy atom. The van der Waals surface area contributed by atoms with E-state index in [4.69, 9.17) is 11.5 Å². The molecule has 1 saturated carbocycles. The average Bonchev–Trinajstić information content (AvgIpc) is 3.10. The lowest BCUT2D eigenvalue weighted by atomic mass is 10.4. The van der Waals surface area contributed by atoms with E-state index in [1.807, 2.05) is 0 Å². The molecule has 0 aromatic carbocycles. The standard InChI is InChI=1S/C13H17N3O4S/c1-2-6-16(9-11-3-4-11)21(19,20)12-8-14-15(10-12)7-5-13(17)18/h1,8,10-11H,3-7,9H2,(H,17,18). The molecule has 1 heterocycles. The van der Waals surface area contributed by atoms with Gasteiger partial charge in [0.1, 0.15) is 4.90 Å². The fourth-order valence-electron chi connectivity index (χ4n) is 1.90. The summed E-state index contributed by atoms with van der Waals surface area (Å²) < 4.78 is 27.6. The molecule has 0 saturated heterocycles. The van der Waals surface area contributed by atoms with Crippen LogP contribution in [-0.2, 0) is 21.4 Å². The second-order valence-electron chi connectivity index (χ2n) is 5.03. The maximum absolute atomic E-state index is 12.5. The zero-order valence-corrected chi connectivity index (χ0v) is 12.3. The van der Waals surface area contributed by atoms with Crippen LogP contribution in [0.25, 0.3) is 0 Å². The summed E-state index contributed by atoms with van der Waals surface area (Å²) in [5.41, 5.74) is 0. The highest BCUT2D eigenvalue weighted by Gasteiger charge is 2.32. The number of aromatic nitrogens is 2. The number of aryl methyl sites for hydroxylation is 1. The molecule has 0 amide bonds. The van der Waals surface area contributed by atoms with E-state index < -0.39 is 16.0 Å². The monoisotopic (exact) mass is 311 g/mol. The summed E-state index contributed by atoms with van der Waals surface area (Å²) in [6.07, 6.45) is 9.75. The number of sulfonamides is 1. The van der Waals surface area contributed by atoms with Crippen LogP contribution in [0, 0.1) is 18.3 Å². The Labute approximate surface area is 123 Å². The molecule has 1 aromatic rings. The van der Waals surface area contributed by atoms with E-state index in [0.717, 1.165) is 12.8 Å². The number of hydrogen-bond donors (Lipinski definition) is 1. The van der Waals surface area contributed by atoms with Gasteiger partial charge >= 0.3 is 5.97 Å². The van der Waals surface area contributed by atoms with Crippen LogP contribution in [0.15, 0.2) is 17.3 Å². The van der Waals surface area contributed by atoms with Crippen molar-refractivity contribution in [3.63, 3.8) is 0 Å². The van der Waals surface area contributed by atoms with Gasteiger partial charge in [-0.05, 0) is 18.8 Å². The Bertz CT molecular complexity index is 655. The smallest absolute Gasteiger partial charge is 0.305 e. The van der Waals surface area contributed by atoms with E-state index in [-0.39, 0.29) is 24.4 Å². The van der Waals surface area contributed by atoms with Crippen molar-refractivity contribution in [2.75, 3.05) is 13.1 Å². The number of rotatable bonds is 8. The van der Waals surface area contributed by atoms with Crippen LogP contribution in [-0.4, -0.2) is 46.7 Å². The molecule has 1 aromatic heterocycles. The second-order valence-corrected chi connectivity index (χ2v) is 6.97. The van der Waals surface area contributed by atoms with Gasteiger partial charge in [0.2, 0.25) is 10.0 Å². The molecule has 0 bridgehead atoms. The second kappa shape index (κ2) is 6.28. The van der Waals surface area contributed by atoms with E-state index in [9.17, 15) is 13.2 Å². The van der Waals surface area contributed by atoms with E-state index in [1.54, 1.807) is 0 Å². The third kappa shape index (κ3) is 4.06. The molecule has 8 heteroatoms. The first-order valence-electron chi connectivity index (χ1n) is 6.61. The van der Waals surface area contributed by atoms with Gasteiger partial charge in [0, 0.05) is 12.7 Å². The van der Waals surface area contributed by atoms with Crippen LogP contribution in [0.1, 0.15) is 19.3 Å². The Kier molecular flexibility index (Phi) is 4.65. The Balaban J connectivity index is 2.13. The van der Waals surface area contributed by atoms with E-state index in [0.29, 0.717) is 12.5 Å². The topological polar surface area (TPSA) is 92.5 Å². The van der Waals surface area contributed by atoms with Crippen molar-refractivity contribution < 1.29 is 18.3 Å². The van der Waals surface area contributed by atoms with Crippen LogP contribution in [0.2, 0.25) is 0 Å². The van der Waals surface area contributed by atoms with Gasteiger partial charge in [0.05, 0.1) is 25.7 Å². The fraction of sp³-hybridized carbons (Fsp3) is 0.538. The molecule has 0 atom stereocenters. The first-order valence-corrected chi connectivity index (χ1v) is 8.05. The van der Waals surface area contributed by atoms with Crippen molar-refractivity contribution in [3.05, 3.63) is 12.4 Å². The molecule has 7 nitrogen and oxygen atoms in total. The highest BCUT2D eigenvalue weighted by Crippen LogP contribution is 2.31. The van der Waals surface area contributed by atoms with Crippen LogP contribution in [0.3, 0.4) is 0 Å². The Morgan fingerprint density at radius 3 is 2.86 bits per heavy atom. The van der Waals surface area contributed by atoms with Gasteiger partial charge in [0.15, 0.2) is 0 Å². The van der Waals surface area contributed by atoms with Gasteiger partial charge < -0.3 is 5.11 Å². The molecule has 21 heavy (non-hydrogen) atoms. The fourth-order valence-corrected chi connectivity index (χ4v) is 3.28. The van der Waals surface area contributed by atoms with E-state index >= 15 is 0 Å². The van der Waals surface area contributed by atoms with Crippen molar-refractivity contribution in [1.29, 1.82) is 0 Å². The normalized spacial score (nSPS) is 15.0. The van der Waals surface area contributed by atoms with Gasteiger partial charge in [-0.2, -0.15) is 9.40 Å². The van der Waals surface area contributed by atoms with Crippen LogP contribution >= 0.6 is 0 Å². The molecule has 0 spiro atoms. The number of nitrogens with zero attached hydrogens (tertiary/aromatic N) is 3. The Morgan fingerprint density at radius 1 is 1.57 bits per heavy atom. The Hall–Kier alpha value is -1.85. The number of terminal acetylenes is 1. The van der Waals surface area contributed by atoms with Crippen molar-refractivity contribution >= 4 is 16.0 Å². The molecule has 0 radical (unpaired) electrons. The minimum Gasteiger partial charge on any atom is -0.481 e. The maximum atomic E-state index is 12.5. The van der Waals surface area contributed by atoms with Gasteiger partial charge in [-0.1, -0.05) is 5.92 Å². The average molecular weight is 311 g/mol. The molecule has 114 valence electrons. The molecule has 1 aliphatic rings. The molecular weight excluding hydrogens is 294 g/mol. The molecule has 1 N–H and O–H groups in total. The predicted octanol–water partition coefficient (Wildman–Crippen LogP) is 0.392. The number of hydrogen-bond acceptors (Lipinski definition) is 4. The molecule has 0 aliphatic heterocycles. The number of carbonyl (C=O) groups is 1. The van der Waals surface area contributed by atoms with Crippen LogP contribution in [0.5, 0.6) is 0 Å². The number of aliphatic carboxylic acids is 1. The highest BCUT2D eigenvalue weighted by molar-refractivity contribution is 7.89. The lowest BCUT2D eigenvalue weighted by Gasteiger charge is -2.18. The van der Waals surface area contributed by atoms with Gasteiger partial charge in [-0.25, -0.2) is 8.42 Å². The first-order chi connectivity index (χ1) is 9.93. The summed E-state index contributed by atoms with van der Waals surface area (Å²) in [5, 5.41) is 12.5. The third-order valence-corrected chi connectivity index (χ3v) is 4.99. The lowest BCUT2D eigenvalue weighted by molar-refractivity contribution is -0.137. The number of carboxylic acid groups (broad SMARTS) is 1. The quantitative estimate of drug-likeness (QED) is 0.701.